The number of rotatable bonds is 3. The molecule has 0 spiro atoms. The SMILES string of the molecule is Cc1ccc(CNC(=O)c2cn3c(c(O)c2=O)C(=O)N2CC[C@@H](F)C[C@H]3C2)c(F)c1. The van der Waals surface area contributed by atoms with Crippen LogP contribution >= 0.6 is 0 Å². The molecule has 4 rings (SSSR count). The van der Waals surface area contributed by atoms with E-state index in [9.17, 15) is 28.3 Å². The molecule has 0 aliphatic carbocycles. The second-order valence-electron chi connectivity index (χ2n) is 7.78. The van der Waals surface area contributed by atoms with E-state index < -0.39 is 41.0 Å². The van der Waals surface area contributed by atoms with Crippen LogP contribution in [0.5, 0.6) is 5.75 Å². The number of carbonyl (C=O) groups is 2. The fraction of sp³-hybridized carbons (Fsp3) is 0.381. The summed E-state index contributed by atoms with van der Waals surface area (Å²) < 4.78 is 29.4. The number of aromatic nitrogens is 1. The van der Waals surface area contributed by atoms with Gasteiger partial charge in [0.1, 0.15) is 17.6 Å². The van der Waals surface area contributed by atoms with Crippen molar-refractivity contribution in [1.29, 1.82) is 0 Å². The van der Waals surface area contributed by atoms with Crippen molar-refractivity contribution >= 4 is 11.8 Å². The number of hydrogen-bond donors (Lipinski definition) is 2. The van der Waals surface area contributed by atoms with Gasteiger partial charge in [-0.1, -0.05) is 12.1 Å². The summed E-state index contributed by atoms with van der Waals surface area (Å²) in [5.41, 5.74) is -0.635. The van der Waals surface area contributed by atoms with Crippen molar-refractivity contribution in [2.75, 3.05) is 13.1 Å². The number of hydrogen-bond acceptors (Lipinski definition) is 4. The molecule has 0 saturated carbocycles. The number of aromatic hydroxyl groups is 1. The molecule has 2 aliphatic heterocycles. The van der Waals surface area contributed by atoms with E-state index in [0.717, 1.165) is 5.56 Å². The zero-order valence-electron chi connectivity index (χ0n) is 16.3. The monoisotopic (exact) mass is 417 g/mol. The van der Waals surface area contributed by atoms with Crippen molar-refractivity contribution in [2.24, 2.45) is 0 Å². The summed E-state index contributed by atoms with van der Waals surface area (Å²) in [7, 11) is 0. The van der Waals surface area contributed by atoms with Crippen molar-refractivity contribution in [2.45, 2.75) is 38.5 Å². The Balaban J connectivity index is 1.67. The van der Waals surface area contributed by atoms with Gasteiger partial charge in [-0.15, -0.1) is 0 Å². The number of halogens is 2. The van der Waals surface area contributed by atoms with Crippen molar-refractivity contribution in [3.63, 3.8) is 0 Å². The van der Waals surface area contributed by atoms with E-state index in [1.165, 1.54) is 27.8 Å². The van der Waals surface area contributed by atoms with Crippen LogP contribution in [0.1, 0.15) is 50.9 Å². The summed E-state index contributed by atoms with van der Waals surface area (Å²) >= 11 is 0. The van der Waals surface area contributed by atoms with E-state index in [4.69, 9.17) is 0 Å². The maximum absolute atomic E-state index is 14.1. The van der Waals surface area contributed by atoms with Gasteiger partial charge in [0.15, 0.2) is 11.4 Å². The molecule has 2 amide bonds. The molecule has 0 unspecified atom stereocenters. The highest BCUT2D eigenvalue weighted by atomic mass is 19.1. The number of amides is 2. The quantitative estimate of drug-likeness (QED) is 0.800. The van der Waals surface area contributed by atoms with Gasteiger partial charge in [0.05, 0.1) is 6.04 Å². The molecule has 2 N–H and O–H groups in total. The molecule has 2 aliphatic rings. The molecular weight excluding hydrogens is 396 g/mol. The Hall–Kier alpha value is -3.23. The van der Waals surface area contributed by atoms with Crippen LogP contribution in [0.2, 0.25) is 0 Å². The second kappa shape index (κ2) is 7.55. The highest BCUT2D eigenvalue weighted by Gasteiger charge is 2.38. The Morgan fingerprint density at radius 2 is 2.10 bits per heavy atom. The fourth-order valence-corrected chi connectivity index (χ4v) is 4.01. The summed E-state index contributed by atoms with van der Waals surface area (Å²) in [6, 6.07) is 4.06. The van der Waals surface area contributed by atoms with E-state index in [0.29, 0.717) is 0 Å². The minimum absolute atomic E-state index is 0.106. The second-order valence-corrected chi connectivity index (χ2v) is 7.78. The largest absolute Gasteiger partial charge is 0.503 e. The number of nitrogens with one attached hydrogen (secondary N) is 1. The van der Waals surface area contributed by atoms with Gasteiger partial charge in [0.25, 0.3) is 11.8 Å². The summed E-state index contributed by atoms with van der Waals surface area (Å²) in [6.45, 7) is 2.02. The summed E-state index contributed by atoms with van der Waals surface area (Å²) in [5.74, 6) is -2.70. The third kappa shape index (κ3) is 3.44. The minimum atomic E-state index is -1.14. The molecule has 1 saturated heterocycles. The molecule has 9 heteroatoms. The Kier molecular flexibility index (Phi) is 5.05. The third-order valence-electron chi connectivity index (χ3n) is 5.66. The maximum Gasteiger partial charge on any atom is 0.274 e. The number of alkyl halides is 1. The van der Waals surface area contributed by atoms with Crippen LogP contribution in [-0.4, -0.2) is 45.6 Å². The van der Waals surface area contributed by atoms with Gasteiger partial charge >= 0.3 is 0 Å². The normalized spacial score (nSPS) is 20.5. The van der Waals surface area contributed by atoms with Gasteiger partial charge in [-0.2, -0.15) is 0 Å². The first-order valence-electron chi connectivity index (χ1n) is 9.71. The van der Waals surface area contributed by atoms with Gasteiger partial charge in [0, 0.05) is 37.8 Å². The lowest BCUT2D eigenvalue weighted by molar-refractivity contribution is 0.0677. The zero-order chi connectivity index (χ0) is 21.6. The first-order chi connectivity index (χ1) is 14.3. The number of nitrogens with zero attached hydrogens (tertiary/aromatic N) is 2. The lowest BCUT2D eigenvalue weighted by Gasteiger charge is -2.34. The van der Waals surface area contributed by atoms with Crippen LogP contribution in [0.25, 0.3) is 0 Å². The third-order valence-corrected chi connectivity index (χ3v) is 5.66. The molecule has 158 valence electrons. The molecule has 1 aromatic carbocycles. The van der Waals surface area contributed by atoms with Crippen LogP contribution in [0.3, 0.4) is 0 Å². The number of benzene rings is 1. The van der Waals surface area contributed by atoms with E-state index in [1.54, 1.807) is 13.0 Å². The number of aryl methyl sites for hydroxylation is 1. The lowest BCUT2D eigenvalue weighted by atomic mass is 10.0. The van der Waals surface area contributed by atoms with Crippen LogP contribution in [0, 0.1) is 12.7 Å². The van der Waals surface area contributed by atoms with Gasteiger partial charge in [-0.25, -0.2) is 8.78 Å². The Labute approximate surface area is 170 Å². The number of carbonyl (C=O) groups excluding carboxylic acids is 2. The van der Waals surface area contributed by atoms with Crippen molar-refractivity contribution < 1.29 is 23.5 Å². The first-order valence-corrected chi connectivity index (χ1v) is 9.71. The Morgan fingerprint density at radius 1 is 1.33 bits per heavy atom. The molecule has 2 atom stereocenters. The van der Waals surface area contributed by atoms with E-state index in [-0.39, 0.29) is 49.3 Å². The highest BCUT2D eigenvalue weighted by Crippen LogP contribution is 2.32. The fourth-order valence-electron chi connectivity index (χ4n) is 4.01. The van der Waals surface area contributed by atoms with Crippen molar-refractivity contribution in [3.05, 3.63) is 62.8 Å². The lowest BCUT2D eigenvalue weighted by Crippen LogP contribution is -2.44. The van der Waals surface area contributed by atoms with Crippen LogP contribution in [0.15, 0.2) is 29.2 Å². The van der Waals surface area contributed by atoms with Crippen LogP contribution < -0.4 is 10.7 Å². The topological polar surface area (TPSA) is 91.6 Å². The van der Waals surface area contributed by atoms with Gasteiger partial charge in [-0.3, -0.25) is 14.4 Å². The Bertz CT molecular complexity index is 1100. The Morgan fingerprint density at radius 3 is 2.83 bits per heavy atom. The molecule has 0 radical (unpaired) electrons. The predicted molar refractivity (Wildman–Crippen MR) is 104 cm³/mol. The predicted octanol–water partition coefficient (Wildman–Crippen LogP) is 2.06. The maximum atomic E-state index is 14.1. The zero-order valence-corrected chi connectivity index (χ0v) is 16.3. The van der Waals surface area contributed by atoms with E-state index in [1.807, 2.05) is 0 Å². The molecule has 7 nitrogen and oxygen atoms in total. The van der Waals surface area contributed by atoms with Crippen LogP contribution in [-0.2, 0) is 6.54 Å². The standard InChI is InChI=1S/C21H21F2N3O4/c1-11-2-3-12(16(23)6-11)8-24-20(29)15-10-26-14-7-13(22)4-5-25(9-14)21(30)17(26)19(28)18(15)27/h2-3,6,10,13-14,28H,4-5,7-9H2,1H3,(H,24,29)/t13-,14+/m1/s1. The number of pyridine rings is 1. The summed E-state index contributed by atoms with van der Waals surface area (Å²) in [6.07, 6.45) is 0.337. The average Bonchev–Trinajstić information content (AvgIpc) is 2.87. The highest BCUT2D eigenvalue weighted by molar-refractivity contribution is 5.99. The first kappa shape index (κ1) is 20.1. The average molecular weight is 417 g/mol. The van der Waals surface area contributed by atoms with Crippen molar-refractivity contribution in [1.82, 2.24) is 14.8 Å². The molecule has 30 heavy (non-hydrogen) atoms. The minimum Gasteiger partial charge on any atom is -0.503 e. The molecule has 2 bridgehead atoms. The molecule has 2 aromatic rings. The van der Waals surface area contributed by atoms with E-state index in [2.05, 4.69) is 5.32 Å². The molecule has 1 fully saturated rings. The summed E-state index contributed by atoms with van der Waals surface area (Å²) in [5, 5.41) is 12.9. The van der Waals surface area contributed by atoms with Crippen LogP contribution in [0.4, 0.5) is 8.78 Å². The molecular formula is C21H21F2N3O4. The summed E-state index contributed by atoms with van der Waals surface area (Å²) in [4.78, 5) is 39.3. The van der Waals surface area contributed by atoms with Crippen molar-refractivity contribution in [3.8, 4) is 5.75 Å². The number of fused-ring (bicyclic) bond motifs is 4. The molecule has 1 aromatic heterocycles. The van der Waals surface area contributed by atoms with E-state index >= 15 is 0 Å². The van der Waals surface area contributed by atoms with Gasteiger partial charge in [-0.05, 0) is 25.0 Å². The van der Waals surface area contributed by atoms with Gasteiger partial charge < -0.3 is 19.9 Å². The molecule has 3 heterocycles. The smallest absolute Gasteiger partial charge is 0.274 e. The van der Waals surface area contributed by atoms with Gasteiger partial charge in [0.2, 0.25) is 5.43 Å².